The Balaban J connectivity index is 0.985. The Labute approximate surface area is 317 Å². The van der Waals surface area contributed by atoms with Crippen molar-refractivity contribution in [3.8, 4) is 33.7 Å². The zero-order valence-corrected chi connectivity index (χ0v) is 29.7. The zero-order valence-electron chi connectivity index (χ0n) is 29.7. The van der Waals surface area contributed by atoms with E-state index in [9.17, 15) is 0 Å². The summed E-state index contributed by atoms with van der Waals surface area (Å²) in [5.41, 5.74) is 11.9. The maximum atomic E-state index is 6.43. The van der Waals surface area contributed by atoms with Gasteiger partial charge in [-0.2, -0.15) is 0 Å². The average Bonchev–Trinajstić information content (AvgIpc) is 3.84. The molecule has 0 N–H and O–H groups in total. The minimum Gasteiger partial charge on any atom is -0.456 e. The quantitative estimate of drug-likeness (QED) is 0.162. The summed E-state index contributed by atoms with van der Waals surface area (Å²) < 4.78 is 12.6. The van der Waals surface area contributed by atoms with Crippen LogP contribution in [0.4, 0.5) is 17.1 Å². The second kappa shape index (κ2) is 12.6. The maximum absolute atomic E-state index is 6.43. The van der Waals surface area contributed by atoms with Crippen LogP contribution in [-0.2, 0) is 0 Å². The molecule has 0 aliphatic rings. The van der Waals surface area contributed by atoms with Crippen LogP contribution in [0, 0.1) is 0 Å². The second-order valence-electron chi connectivity index (χ2n) is 14.0. The van der Waals surface area contributed by atoms with Gasteiger partial charge in [-0.3, -0.25) is 0 Å². The summed E-state index contributed by atoms with van der Waals surface area (Å²) in [5.74, 6) is 0.606. The number of hydrogen-bond acceptors (Lipinski definition) is 4. The van der Waals surface area contributed by atoms with E-state index in [0.29, 0.717) is 11.5 Å². The van der Waals surface area contributed by atoms with Crippen molar-refractivity contribution in [1.29, 1.82) is 0 Å². The molecule has 11 aromatic rings. The minimum atomic E-state index is 0.606. The summed E-state index contributed by atoms with van der Waals surface area (Å²) in [7, 11) is 0. The molecule has 0 atom stereocenters. The van der Waals surface area contributed by atoms with Crippen LogP contribution in [0.1, 0.15) is 0 Å². The van der Waals surface area contributed by atoms with Crippen molar-refractivity contribution < 1.29 is 8.83 Å². The average molecular weight is 705 g/mol. The van der Waals surface area contributed by atoms with Crippen molar-refractivity contribution in [1.82, 2.24) is 4.98 Å². The van der Waals surface area contributed by atoms with Crippen LogP contribution in [0.5, 0.6) is 0 Å². The standard InChI is InChI=1S/C51H32N2O2/c1-3-10-33(11-4-1)38-15-9-16-41(28-38)53(42-26-22-36-19-18-35-12-7-8-17-43(35)45(36)30-42)40-24-20-34(21-25-40)39-23-27-44-46-31-47-50(32-49(46)54-48(44)29-39)55-51(52-47)37-13-5-2-6-14-37/h1-32H. The van der Waals surface area contributed by atoms with Gasteiger partial charge in [0.1, 0.15) is 16.7 Å². The highest BCUT2D eigenvalue weighted by atomic mass is 16.4. The number of hydrogen-bond donors (Lipinski definition) is 0. The van der Waals surface area contributed by atoms with Crippen LogP contribution in [0.25, 0.3) is 88.3 Å². The predicted molar refractivity (Wildman–Crippen MR) is 227 cm³/mol. The van der Waals surface area contributed by atoms with Crippen LogP contribution in [0.2, 0.25) is 0 Å². The van der Waals surface area contributed by atoms with Crippen molar-refractivity contribution in [3.05, 3.63) is 194 Å². The summed E-state index contributed by atoms with van der Waals surface area (Å²) in [6.45, 7) is 0. The molecular formula is C51H32N2O2. The first-order valence-corrected chi connectivity index (χ1v) is 18.5. The van der Waals surface area contributed by atoms with Gasteiger partial charge in [0, 0.05) is 39.5 Å². The van der Waals surface area contributed by atoms with Crippen LogP contribution in [0.3, 0.4) is 0 Å². The molecule has 0 amide bonds. The molecule has 0 saturated carbocycles. The smallest absolute Gasteiger partial charge is 0.227 e. The SMILES string of the molecule is c1ccc(-c2cccc(N(c3ccc(-c4ccc5c(c4)oc4cc6oc(-c7ccccc7)nc6cc45)cc3)c3ccc4ccc5ccccc5c4c3)c2)cc1. The van der Waals surface area contributed by atoms with E-state index < -0.39 is 0 Å². The molecule has 0 saturated heterocycles. The molecule has 2 heterocycles. The summed E-state index contributed by atoms with van der Waals surface area (Å²) in [5, 5.41) is 7.01. The van der Waals surface area contributed by atoms with Crippen molar-refractivity contribution in [2.75, 3.05) is 4.90 Å². The van der Waals surface area contributed by atoms with Crippen molar-refractivity contribution in [3.63, 3.8) is 0 Å². The van der Waals surface area contributed by atoms with Gasteiger partial charge in [0.15, 0.2) is 5.58 Å². The van der Waals surface area contributed by atoms with Crippen LogP contribution in [0.15, 0.2) is 203 Å². The summed E-state index contributed by atoms with van der Waals surface area (Å²) in [4.78, 5) is 7.14. The Morgan fingerprint density at radius 3 is 1.78 bits per heavy atom. The Morgan fingerprint density at radius 1 is 0.327 bits per heavy atom. The van der Waals surface area contributed by atoms with E-state index in [0.717, 1.165) is 61.2 Å². The van der Waals surface area contributed by atoms with Gasteiger partial charge in [-0.1, -0.05) is 121 Å². The Bertz CT molecular complexity index is 3200. The maximum Gasteiger partial charge on any atom is 0.227 e. The van der Waals surface area contributed by atoms with Crippen molar-refractivity contribution in [2.24, 2.45) is 0 Å². The molecule has 258 valence electrons. The molecule has 0 bridgehead atoms. The molecule has 0 aliphatic heterocycles. The van der Waals surface area contributed by atoms with Crippen LogP contribution in [-0.4, -0.2) is 4.98 Å². The summed E-state index contributed by atoms with van der Waals surface area (Å²) in [6.07, 6.45) is 0. The minimum absolute atomic E-state index is 0.606. The van der Waals surface area contributed by atoms with Crippen molar-refractivity contribution >= 4 is 71.6 Å². The van der Waals surface area contributed by atoms with Gasteiger partial charge < -0.3 is 13.7 Å². The van der Waals surface area contributed by atoms with E-state index in [1.54, 1.807) is 0 Å². The first-order valence-electron chi connectivity index (χ1n) is 18.5. The third kappa shape index (κ3) is 5.43. The second-order valence-corrected chi connectivity index (χ2v) is 14.0. The number of anilines is 3. The molecule has 2 aromatic heterocycles. The van der Waals surface area contributed by atoms with Crippen LogP contribution < -0.4 is 4.90 Å². The number of rotatable bonds is 6. The molecule has 9 aromatic carbocycles. The molecule has 0 aliphatic carbocycles. The molecule has 4 heteroatoms. The van der Waals surface area contributed by atoms with Gasteiger partial charge in [0.2, 0.25) is 5.89 Å². The third-order valence-electron chi connectivity index (χ3n) is 10.7. The number of oxazole rings is 1. The highest BCUT2D eigenvalue weighted by Gasteiger charge is 2.17. The highest BCUT2D eigenvalue weighted by molar-refractivity contribution is 6.10. The topological polar surface area (TPSA) is 42.4 Å². The lowest BCUT2D eigenvalue weighted by Gasteiger charge is -2.27. The number of furan rings is 1. The molecule has 0 unspecified atom stereocenters. The lowest BCUT2D eigenvalue weighted by molar-refractivity contribution is 0.617. The lowest BCUT2D eigenvalue weighted by Crippen LogP contribution is -2.10. The molecule has 0 radical (unpaired) electrons. The molecule has 0 fully saturated rings. The fraction of sp³-hybridized carbons (Fsp3) is 0. The molecule has 4 nitrogen and oxygen atoms in total. The highest BCUT2D eigenvalue weighted by Crippen LogP contribution is 2.41. The summed E-state index contributed by atoms with van der Waals surface area (Å²) >= 11 is 0. The van der Waals surface area contributed by atoms with Gasteiger partial charge in [0.05, 0.1) is 0 Å². The molecule has 55 heavy (non-hydrogen) atoms. The van der Waals surface area contributed by atoms with E-state index in [2.05, 4.69) is 163 Å². The van der Waals surface area contributed by atoms with E-state index in [1.165, 1.54) is 32.7 Å². The van der Waals surface area contributed by atoms with E-state index in [-0.39, 0.29) is 0 Å². The number of nitrogens with zero attached hydrogens (tertiary/aromatic N) is 2. The van der Waals surface area contributed by atoms with Gasteiger partial charge in [-0.25, -0.2) is 4.98 Å². The first-order chi connectivity index (χ1) is 27.2. The summed E-state index contributed by atoms with van der Waals surface area (Å²) in [6, 6.07) is 68.4. The number of fused-ring (bicyclic) bond motifs is 7. The van der Waals surface area contributed by atoms with E-state index in [1.807, 2.05) is 36.4 Å². The fourth-order valence-corrected chi connectivity index (χ4v) is 7.92. The van der Waals surface area contributed by atoms with Gasteiger partial charge in [-0.05, 0) is 111 Å². The predicted octanol–water partition coefficient (Wildman–Crippen LogP) is 14.5. The van der Waals surface area contributed by atoms with Gasteiger partial charge in [-0.15, -0.1) is 0 Å². The van der Waals surface area contributed by atoms with Crippen LogP contribution >= 0.6 is 0 Å². The molecular weight excluding hydrogens is 673 g/mol. The molecule has 11 rings (SSSR count). The number of aromatic nitrogens is 1. The Morgan fingerprint density at radius 2 is 0.945 bits per heavy atom. The van der Waals surface area contributed by atoms with E-state index >= 15 is 0 Å². The van der Waals surface area contributed by atoms with Crippen molar-refractivity contribution in [2.45, 2.75) is 0 Å². The largest absolute Gasteiger partial charge is 0.456 e. The monoisotopic (exact) mass is 704 g/mol. The lowest BCUT2D eigenvalue weighted by atomic mass is 10.00. The zero-order chi connectivity index (χ0) is 36.3. The first kappa shape index (κ1) is 31.1. The molecule has 0 spiro atoms. The third-order valence-corrected chi connectivity index (χ3v) is 10.7. The van der Waals surface area contributed by atoms with Gasteiger partial charge in [0.25, 0.3) is 0 Å². The van der Waals surface area contributed by atoms with E-state index in [4.69, 9.17) is 13.8 Å². The Hall–Kier alpha value is -7.43. The normalized spacial score (nSPS) is 11.6. The number of benzene rings is 9. The Kier molecular flexibility index (Phi) is 7.14. The van der Waals surface area contributed by atoms with Gasteiger partial charge >= 0.3 is 0 Å². The fourth-order valence-electron chi connectivity index (χ4n) is 7.92.